The zero-order valence-electron chi connectivity index (χ0n) is 9.64. The van der Waals surface area contributed by atoms with Crippen LogP contribution in [-0.2, 0) is 21.7 Å². The van der Waals surface area contributed by atoms with Crippen LogP contribution < -0.4 is 0 Å². The molecule has 0 aliphatic rings. The number of hydrogen-bond donors (Lipinski definition) is 1. The second kappa shape index (κ2) is 8.15. The van der Waals surface area contributed by atoms with Gasteiger partial charge in [0.15, 0.2) is 0 Å². The summed E-state index contributed by atoms with van der Waals surface area (Å²) in [6.07, 6.45) is 0. The molecule has 0 aliphatic heterocycles. The van der Waals surface area contributed by atoms with Gasteiger partial charge in [0.25, 0.3) is 0 Å². The van der Waals surface area contributed by atoms with Gasteiger partial charge < -0.3 is 20.0 Å². The quantitative estimate of drug-likeness (QED) is 0.598. The zero-order valence-corrected chi connectivity index (χ0v) is 11.2. The number of hydrogen-bond acceptors (Lipinski definition) is 1. The van der Waals surface area contributed by atoms with Crippen LogP contribution in [0.1, 0.15) is 0 Å². The van der Waals surface area contributed by atoms with E-state index in [0.29, 0.717) is 5.75 Å². The van der Waals surface area contributed by atoms with Crippen LogP contribution in [0.2, 0.25) is 0 Å². The van der Waals surface area contributed by atoms with Crippen molar-refractivity contribution in [3.05, 3.63) is 69.5 Å². The Morgan fingerprint density at radius 3 is 1.81 bits per heavy atom. The van der Waals surface area contributed by atoms with Crippen LogP contribution in [0, 0.1) is 14.9 Å². The van der Waals surface area contributed by atoms with Crippen molar-refractivity contribution in [2.75, 3.05) is 0 Å². The van der Waals surface area contributed by atoms with E-state index in [4.69, 9.17) is 0 Å². The Morgan fingerprint density at radius 2 is 1.25 bits per heavy atom. The molecule has 0 aromatic heterocycles. The molecule has 0 heterocycles. The first kappa shape index (κ1) is 17.4. The van der Waals surface area contributed by atoms with Crippen molar-refractivity contribution in [3.8, 4) is 16.9 Å². The smallest absolute Gasteiger partial charge is 0.508 e. The Kier molecular flexibility index (Phi) is 8.84. The molecule has 0 spiro atoms. The van der Waals surface area contributed by atoms with Gasteiger partial charge in [0.1, 0.15) is 5.75 Å². The predicted octanol–water partition coefficient (Wildman–Crippen LogP) is 3.96. The average Bonchev–Trinajstić information content (AvgIpc) is 2.19. The van der Waals surface area contributed by atoms with Crippen LogP contribution >= 0.6 is 0 Å². The second-order valence-corrected chi connectivity index (χ2v) is 2.92. The molecule has 2 rings (SSSR count). The summed E-state index contributed by atoms with van der Waals surface area (Å²) in [5.74, 6) is 0.307. The van der Waals surface area contributed by atoms with Gasteiger partial charge in [0.05, 0.1) is 0 Å². The van der Waals surface area contributed by atoms with Gasteiger partial charge in [-0.15, -0.1) is 0 Å². The first-order chi connectivity index (χ1) is 6.36. The second-order valence-electron chi connectivity index (χ2n) is 2.92. The van der Waals surface area contributed by atoms with E-state index in [0.717, 1.165) is 11.1 Å². The van der Waals surface area contributed by atoms with E-state index in [9.17, 15) is 5.11 Å². The van der Waals surface area contributed by atoms with Crippen molar-refractivity contribution in [3.63, 3.8) is 0 Å². The first-order valence-corrected chi connectivity index (χ1v) is 4.21. The van der Waals surface area contributed by atoms with Crippen molar-refractivity contribution in [1.82, 2.24) is 0 Å². The summed E-state index contributed by atoms with van der Waals surface area (Å²) in [5.41, 5.74) is 2.17. The molecule has 0 bridgehead atoms. The summed E-state index contributed by atoms with van der Waals surface area (Å²) in [5, 5.41) is 9.27. The maximum absolute atomic E-state index is 9.27. The van der Waals surface area contributed by atoms with Gasteiger partial charge in [0.2, 0.25) is 0 Å². The zero-order chi connectivity index (χ0) is 9.10. The monoisotopic (exact) mass is 248 g/mol. The minimum Gasteiger partial charge on any atom is -0.508 e. The fourth-order valence-electron chi connectivity index (χ4n) is 1.32. The molecule has 16 heavy (non-hydrogen) atoms. The van der Waals surface area contributed by atoms with E-state index < -0.39 is 0 Å². The van der Waals surface area contributed by atoms with Gasteiger partial charge in [0, 0.05) is 0 Å². The maximum atomic E-state index is 9.27. The van der Waals surface area contributed by atoms with Crippen LogP contribution in [0.15, 0.2) is 54.6 Å². The Bertz CT molecular complexity index is 398. The summed E-state index contributed by atoms with van der Waals surface area (Å²) in [6.45, 7) is 0. The Balaban J connectivity index is 0. The normalized spacial score (nSPS) is 8.00. The van der Waals surface area contributed by atoms with Crippen molar-refractivity contribution in [2.45, 2.75) is 0 Å². The fourth-order valence-corrected chi connectivity index (χ4v) is 1.32. The molecule has 2 aromatic rings. The van der Waals surface area contributed by atoms with Gasteiger partial charge in [-0.2, -0.15) is 0 Å². The van der Waals surface area contributed by atoms with Crippen LogP contribution in [0.5, 0.6) is 5.75 Å². The van der Waals surface area contributed by atoms with Crippen LogP contribution in [0.25, 0.3) is 11.1 Å². The molecular formula is C14H16OTi. The van der Waals surface area contributed by atoms with Gasteiger partial charge in [-0.1, -0.05) is 42.5 Å². The third-order valence-electron chi connectivity index (χ3n) is 1.95. The Labute approximate surface area is 113 Å². The number of phenols is 1. The minimum absolute atomic E-state index is 0. The van der Waals surface area contributed by atoms with Gasteiger partial charge in [-0.3, -0.25) is 0 Å². The molecule has 0 saturated heterocycles. The first-order valence-electron chi connectivity index (χ1n) is 4.21. The van der Waals surface area contributed by atoms with Crippen molar-refractivity contribution < 1.29 is 26.8 Å². The fraction of sp³-hybridized carbons (Fsp3) is 0. The standard InChI is InChI=1S/C12H10O.2CH3.Ti/c13-12-8-4-7-11(9-12)10-5-2-1-3-6-10;;;/h1-9,13H;2*1H3;/q;2*-1;+2. The molecule has 0 aliphatic carbocycles. The van der Waals surface area contributed by atoms with Gasteiger partial charge >= 0.3 is 21.7 Å². The number of rotatable bonds is 1. The third kappa shape index (κ3) is 4.22. The maximum Gasteiger partial charge on any atom is 2.00 e. The topological polar surface area (TPSA) is 20.2 Å². The molecule has 1 N–H and O–H groups in total. The molecular weight excluding hydrogens is 232 g/mol. The van der Waals surface area contributed by atoms with Crippen molar-refractivity contribution in [1.29, 1.82) is 0 Å². The van der Waals surface area contributed by atoms with E-state index in [-0.39, 0.29) is 36.6 Å². The van der Waals surface area contributed by atoms with E-state index in [2.05, 4.69) is 0 Å². The van der Waals surface area contributed by atoms with Crippen molar-refractivity contribution in [2.24, 2.45) is 0 Å². The van der Waals surface area contributed by atoms with E-state index in [1.165, 1.54) is 0 Å². The summed E-state index contributed by atoms with van der Waals surface area (Å²) in [4.78, 5) is 0. The number of phenolic OH excluding ortho intramolecular Hbond substituents is 1. The van der Waals surface area contributed by atoms with E-state index >= 15 is 0 Å². The molecule has 0 atom stereocenters. The Morgan fingerprint density at radius 1 is 0.688 bits per heavy atom. The average molecular weight is 248 g/mol. The molecule has 2 heteroatoms. The predicted molar refractivity (Wildman–Crippen MR) is 66.4 cm³/mol. The molecule has 82 valence electrons. The van der Waals surface area contributed by atoms with Crippen LogP contribution in [0.4, 0.5) is 0 Å². The van der Waals surface area contributed by atoms with Gasteiger partial charge in [-0.05, 0) is 23.3 Å². The van der Waals surface area contributed by atoms with Crippen molar-refractivity contribution >= 4 is 0 Å². The molecule has 0 saturated carbocycles. The third-order valence-corrected chi connectivity index (χ3v) is 1.95. The van der Waals surface area contributed by atoms with E-state index in [1.807, 2.05) is 42.5 Å². The van der Waals surface area contributed by atoms with E-state index in [1.54, 1.807) is 12.1 Å². The molecule has 0 amide bonds. The molecule has 0 unspecified atom stereocenters. The Hall–Kier alpha value is -1.05. The molecule has 0 radical (unpaired) electrons. The minimum atomic E-state index is 0. The summed E-state index contributed by atoms with van der Waals surface area (Å²) in [6, 6.07) is 17.3. The molecule has 0 fully saturated rings. The van der Waals surface area contributed by atoms with Crippen LogP contribution in [-0.4, -0.2) is 5.11 Å². The number of benzene rings is 2. The summed E-state index contributed by atoms with van der Waals surface area (Å²) < 4.78 is 0. The SMILES string of the molecule is Oc1cccc(-c2ccccc2)c1.[CH3-].[CH3-].[Ti+2]. The number of aromatic hydroxyl groups is 1. The molecule has 1 nitrogen and oxygen atoms in total. The van der Waals surface area contributed by atoms with Gasteiger partial charge in [-0.25, -0.2) is 0 Å². The molecule has 2 aromatic carbocycles. The summed E-state index contributed by atoms with van der Waals surface area (Å²) >= 11 is 0. The summed E-state index contributed by atoms with van der Waals surface area (Å²) in [7, 11) is 0. The van der Waals surface area contributed by atoms with Crippen LogP contribution in [0.3, 0.4) is 0 Å². The largest absolute Gasteiger partial charge is 2.00 e.